The smallest absolute Gasteiger partial charge is 0.220 e. The van der Waals surface area contributed by atoms with Gasteiger partial charge in [0.1, 0.15) is 0 Å². The number of aryl methyl sites for hydroxylation is 1. The van der Waals surface area contributed by atoms with E-state index in [1.165, 1.54) is 31.2 Å². The number of likely N-dealkylation sites (N-methyl/N-ethyl adjacent to an activating group) is 1. The van der Waals surface area contributed by atoms with E-state index in [-0.39, 0.29) is 23.7 Å². The molecule has 2 N–H and O–H groups in total. The van der Waals surface area contributed by atoms with Crippen molar-refractivity contribution < 1.29 is 4.79 Å². The van der Waals surface area contributed by atoms with E-state index < -0.39 is 0 Å². The number of amides is 1. The van der Waals surface area contributed by atoms with E-state index in [9.17, 15) is 4.79 Å². The summed E-state index contributed by atoms with van der Waals surface area (Å²) in [6, 6.07) is 11.0. The normalized spacial score (nSPS) is 17.3. The van der Waals surface area contributed by atoms with E-state index >= 15 is 0 Å². The molecule has 0 radical (unpaired) electrons. The Morgan fingerprint density at radius 1 is 1.22 bits per heavy atom. The highest BCUT2D eigenvalue weighted by Gasteiger charge is 2.35. The number of hydrogen-bond donors (Lipinski definition) is 2. The van der Waals surface area contributed by atoms with Crippen molar-refractivity contribution in [3.05, 3.63) is 35.9 Å². The number of carbonyl (C=O) groups is 1. The molecule has 1 fully saturated rings. The first-order valence-electron chi connectivity index (χ1n) is 8.61. The molecule has 23 heavy (non-hydrogen) atoms. The lowest BCUT2D eigenvalue weighted by Crippen LogP contribution is -2.39. The van der Waals surface area contributed by atoms with Crippen LogP contribution in [0.3, 0.4) is 0 Å². The van der Waals surface area contributed by atoms with E-state index in [1.807, 2.05) is 7.05 Å². The second-order valence-corrected chi connectivity index (χ2v) is 6.86. The monoisotopic (exact) mass is 338 g/mol. The van der Waals surface area contributed by atoms with Crippen LogP contribution in [0.4, 0.5) is 0 Å². The van der Waals surface area contributed by atoms with E-state index in [0.717, 1.165) is 12.8 Å². The number of rotatable bonds is 8. The zero-order chi connectivity index (χ0) is 15.8. The zero-order valence-corrected chi connectivity index (χ0v) is 15.3. The Morgan fingerprint density at radius 3 is 2.48 bits per heavy atom. The molecule has 1 aromatic carbocycles. The highest BCUT2D eigenvalue weighted by Crippen LogP contribution is 2.44. The van der Waals surface area contributed by atoms with Crippen LogP contribution in [-0.4, -0.2) is 25.5 Å². The van der Waals surface area contributed by atoms with E-state index in [2.05, 4.69) is 47.9 Å². The molecule has 0 spiro atoms. The highest BCUT2D eigenvalue weighted by molar-refractivity contribution is 5.85. The summed E-state index contributed by atoms with van der Waals surface area (Å²) in [5.74, 6) is 0.220. The largest absolute Gasteiger partial charge is 0.355 e. The third kappa shape index (κ3) is 6.52. The van der Waals surface area contributed by atoms with Crippen LogP contribution >= 0.6 is 12.4 Å². The zero-order valence-electron chi connectivity index (χ0n) is 14.4. The molecule has 1 aliphatic rings. The molecule has 0 saturated heterocycles. The molecule has 1 atom stereocenters. The molecule has 4 heteroatoms. The van der Waals surface area contributed by atoms with Crippen molar-refractivity contribution in [2.45, 2.75) is 57.9 Å². The predicted octanol–water partition coefficient (Wildman–Crippen LogP) is 3.72. The van der Waals surface area contributed by atoms with Crippen LogP contribution in [0.15, 0.2) is 30.3 Å². The van der Waals surface area contributed by atoms with Gasteiger partial charge in [0.15, 0.2) is 0 Å². The first-order chi connectivity index (χ1) is 10.6. The fourth-order valence-corrected chi connectivity index (χ4v) is 3.47. The molecule has 0 aromatic heterocycles. The quantitative estimate of drug-likeness (QED) is 0.758. The van der Waals surface area contributed by atoms with Gasteiger partial charge in [-0.25, -0.2) is 0 Å². The lowest BCUT2D eigenvalue weighted by molar-refractivity contribution is -0.123. The molecule has 3 nitrogen and oxygen atoms in total. The van der Waals surface area contributed by atoms with Crippen molar-refractivity contribution in [2.24, 2.45) is 5.41 Å². The van der Waals surface area contributed by atoms with Crippen molar-refractivity contribution in [3.63, 3.8) is 0 Å². The minimum atomic E-state index is 0. The Hall–Kier alpha value is -1.06. The second kappa shape index (κ2) is 9.94. The summed E-state index contributed by atoms with van der Waals surface area (Å²) >= 11 is 0. The highest BCUT2D eigenvalue weighted by atomic mass is 35.5. The maximum atomic E-state index is 12.3. The molecule has 1 amide bonds. The van der Waals surface area contributed by atoms with Gasteiger partial charge in [0.05, 0.1) is 0 Å². The van der Waals surface area contributed by atoms with Crippen LogP contribution in [0.25, 0.3) is 0 Å². The van der Waals surface area contributed by atoms with Gasteiger partial charge in [-0.1, -0.05) is 43.2 Å². The average Bonchev–Trinajstić information content (AvgIpc) is 3.00. The first kappa shape index (κ1) is 20.0. The lowest BCUT2D eigenvalue weighted by Gasteiger charge is -2.29. The number of carbonyl (C=O) groups excluding carboxylic acids is 1. The Labute approximate surface area is 147 Å². The second-order valence-electron chi connectivity index (χ2n) is 6.86. The lowest BCUT2D eigenvalue weighted by atomic mass is 9.77. The molecule has 130 valence electrons. The fraction of sp³-hybridized carbons (Fsp3) is 0.632. The van der Waals surface area contributed by atoms with Gasteiger partial charge >= 0.3 is 0 Å². The van der Waals surface area contributed by atoms with Gasteiger partial charge in [0.2, 0.25) is 5.91 Å². The van der Waals surface area contributed by atoms with Crippen LogP contribution in [-0.2, 0) is 11.2 Å². The molecule has 1 aliphatic carbocycles. The van der Waals surface area contributed by atoms with Gasteiger partial charge in [-0.3, -0.25) is 4.79 Å². The van der Waals surface area contributed by atoms with Crippen molar-refractivity contribution >= 4 is 18.3 Å². The first-order valence-corrected chi connectivity index (χ1v) is 8.61. The molecular weight excluding hydrogens is 308 g/mol. The summed E-state index contributed by atoms with van der Waals surface area (Å²) < 4.78 is 0. The molecular formula is C19H31ClN2O. The minimum Gasteiger partial charge on any atom is -0.355 e. The third-order valence-corrected chi connectivity index (χ3v) is 5.08. The molecule has 0 heterocycles. The molecule has 1 unspecified atom stereocenters. The molecule has 0 bridgehead atoms. The van der Waals surface area contributed by atoms with Gasteiger partial charge in [0.25, 0.3) is 0 Å². The Morgan fingerprint density at radius 2 is 1.87 bits per heavy atom. The average molecular weight is 339 g/mol. The van der Waals surface area contributed by atoms with Crippen molar-refractivity contribution in [1.82, 2.24) is 10.6 Å². The Balaban J connectivity index is 0.00000264. The van der Waals surface area contributed by atoms with Gasteiger partial charge in [-0.05, 0) is 50.6 Å². The van der Waals surface area contributed by atoms with Gasteiger partial charge in [0, 0.05) is 19.0 Å². The molecule has 1 saturated carbocycles. The molecule has 2 rings (SSSR count). The van der Waals surface area contributed by atoms with Gasteiger partial charge in [-0.2, -0.15) is 0 Å². The van der Waals surface area contributed by atoms with Crippen LogP contribution < -0.4 is 10.6 Å². The van der Waals surface area contributed by atoms with E-state index in [1.54, 1.807) is 0 Å². The number of nitrogens with one attached hydrogen (secondary N) is 2. The van der Waals surface area contributed by atoms with Crippen LogP contribution in [0.5, 0.6) is 0 Å². The van der Waals surface area contributed by atoms with Gasteiger partial charge in [-0.15, -0.1) is 12.4 Å². The van der Waals surface area contributed by atoms with Crippen LogP contribution in [0, 0.1) is 5.41 Å². The minimum absolute atomic E-state index is 0. The standard InChI is InChI=1S/C19H30N2O.ClH/c1-16(20-2)15-21-18(22)14-19(11-6-7-12-19)13-10-17-8-4-3-5-9-17;/h3-5,8-9,16,20H,6-7,10-15H2,1-2H3,(H,21,22);1H. The summed E-state index contributed by atoms with van der Waals surface area (Å²) in [6.07, 6.45) is 7.86. The Bertz CT molecular complexity index is 458. The maximum Gasteiger partial charge on any atom is 0.220 e. The van der Waals surface area contributed by atoms with E-state index in [0.29, 0.717) is 19.0 Å². The summed E-state index contributed by atoms with van der Waals surface area (Å²) in [5.41, 5.74) is 1.61. The van der Waals surface area contributed by atoms with E-state index in [4.69, 9.17) is 0 Å². The third-order valence-electron chi connectivity index (χ3n) is 5.08. The van der Waals surface area contributed by atoms with Crippen molar-refractivity contribution in [3.8, 4) is 0 Å². The number of halogens is 1. The SMILES string of the molecule is CNC(C)CNC(=O)CC1(CCc2ccccc2)CCCC1.Cl. The summed E-state index contributed by atoms with van der Waals surface area (Å²) in [5, 5.41) is 6.24. The Kier molecular flexibility index (Phi) is 8.64. The number of benzene rings is 1. The summed E-state index contributed by atoms with van der Waals surface area (Å²) in [7, 11) is 1.93. The van der Waals surface area contributed by atoms with Gasteiger partial charge < -0.3 is 10.6 Å². The molecule has 1 aromatic rings. The molecule has 0 aliphatic heterocycles. The van der Waals surface area contributed by atoms with Crippen molar-refractivity contribution in [2.75, 3.05) is 13.6 Å². The predicted molar refractivity (Wildman–Crippen MR) is 99.1 cm³/mol. The topological polar surface area (TPSA) is 41.1 Å². The number of hydrogen-bond acceptors (Lipinski definition) is 2. The van der Waals surface area contributed by atoms with Crippen molar-refractivity contribution in [1.29, 1.82) is 0 Å². The summed E-state index contributed by atoms with van der Waals surface area (Å²) in [6.45, 7) is 2.80. The maximum absolute atomic E-state index is 12.3. The van der Waals surface area contributed by atoms with Crippen LogP contribution in [0.1, 0.15) is 51.0 Å². The fourth-order valence-electron chi connectivity index (χ4n) is 3.47. The summed E-state index contributed by atoms with van der Waals surface area (Å²) in [4.78, 5) is 12.3. The van der Waals surface area contributed by atoms with Crippen LogP contribution in [0.2, 0.25) is 0 Å².